The van der Waals surface area contributed by atoms with Crippen LogP contribution in [0.3, 0.4) is 0 Å². The van der Waals surface area contributed by atoms with Crippen LogP contribution in [0, 0.1) is 0 Å². The van der Waals surface area contributed by atoms with Gasteiger partial charge in [-0.15, -0.1) is 0 Å². The number of rotatable bonds is 3. The van der Waals surface area contributed by atoms with Gasteiger partial charge in [0.1, 0.15) is 16.7 Å². The van der Waals surface area contributed by atoms with Crippen LogP contribution in [0.25, 0.3) is 109 Å². The molecule has 0 saturated carbocycles. The zero-order chi connectivity index (χ0) is 32.8. The number of benzene rings is 9. The molecule has 2 heteroatoms. The fraction of sp³-hybridized carbons (Fsp3) is 0. The van der Waals surface area contributed by atoms with Gasteiger partial charge in [0.2, 0.25) is 0 Å². The summed E-state index contributed by atoms with van der Waals surface area (Å²) < 4.78 is 13.5. The lowest BCUT2D eigenvalue weighted by Gasteiger charge is -2.18. The summed E-state index contributed by atoms with van der Waals surface area (Å²) >= 11 is 0. The molecular weight excluding hydrogens is 609 g/mol. The first-order valence-electron chi connectivity index (χ1n) is 17.1. The maximum Gasteiger partial charge on any atom is 0.143 e. The van der Waals surface area contributed by atoms with Crippen LogP contribution in [0.2, 0.25) is 0 Å². The molecule has 11 rings (SSSR count). The van der Waals surface area contributed by atoms with Crippen molar-refractivity contribution in [3.8, 4) is 33.4 Å². The van der Waals surface area contributed by atoms with Crippen LogP contribution < -0.4 is 0 Å². The molecule has 0 aliphatic carbocycles. The van der Waals surface area contributed by atoms with E-state index in [9.17, 15) is 0 Å². The summed E-state index contributed by atoms with van der Waals surface area (Å²) in [5, 5.41) is 12.9. The second kappa shape index (κ2) is 10.4. The lowest BCUT2D eigenvalue weighted by atomic mass is 9.84. The van der Waals surface area contributed by atoms with Gasteiger partial charge in [-0.1, -0.05) is 146 Å². The molecule has 0 fully saturated rings. The molecule has 2 aromatic heterocycles. The van der Waals surface area contributed by atoms with Gasteiger partial charge in [-0.05, 0) is 78.0 Å². The van der Waals surface area contributed by atoms with Gasteiger partial charge in [-0.2, -0.15) is 0 Å². The Morgan fingerprint density at radius 1 is 0.340 bits per heavy atom. The molecule has 0 bridgehead atoms. The van der Waals surface area contributed by atoms with Crippen molar-refractivity contribution in [3.05, 3.63) is 170 Å². The molecule has 11 aromatic rings. The Hall–Kier alpha value is -6.64. The maximum absolute atomic E-state index is 6.78. The van der Waals surface area contributed by atoms with E-state index in [0.717, 1.165) is 55.2 Å². The van der Waals surface area contributed by atoms with Gasteiger partial charge in [0.15, 0.2) is 0 Å². The van der Waals surface area contributed by atoms with Gasteiger partial charge in [-0.3, -0.25) is 0 Å². The molecule has 0 amide bonds. The van der Waals surface area contributed by atoms with Crippen LogP contribution >= 0.6 is 0 Å². The normalized spacial score (nSPS) is 12.0. The molecule has 50 heavy (non-hydrogen) atoms. The highest BCUT2D eigenvalue weighted by Crippen LogP contribution is 2.50. The quantitative estimate of drug-likeness (QED) is 0.180. The van der Waals surface area contributed by atoms with Crippen LogP contribution in [0.4, 0.5) is 0 Å². The van der Waals surface area contributed by atoms with E-state index in [1.165, 1.54) is 54.2 Å². The summed E-state index contributed by atoms with van der Waals surface area (Å²) in [4.78, 5) is 0. The molecule has 0 saturated heterocycles. The third-order valence-electron chi connectivity index (χ3n) is 10.5. The Morgan fingerprint density at radius 3 is 1.70 bits per heavy atom. The fourth-order valence-corrected chi connectivity index (χ4v) is 8.34. The van der Waals surface area contributed by atoms with E-state index in [1.807, 2.05) is 12.3 Å². The predicted molar refractivity (Wildman–Crippen MR) is 210 cm³/mol. The fourth-order valence-electron chi connectivity index (χ4n) is 8.34. The highest BCUT2D eigenvalue weighted by atomic mass is 16.3. The molecule has 2 heterocycles. The van der Waals surface area contributed by atoms with E-state index in [1.54, 1.807) is 0 Å². The molecule has 232 valence electrons. The first kappa shape index (κ1) is 27.3. The molecule has 9 aromatic carbocycles. The minimum Gasteiger partial charge on any atom is -0.463 e. The summed E-state index contributed by atoms with van der Waals surface area (Å²) in [6.07, 6.45) is 1.95. The van der Waals surface area contributed by atoms with Crippen LogP contribution in [0.1, 0.15) is 0 Å². The summed E-state index contributed by atoms with van der Waals surface area (Å²) in [7, 11) is 0. The van der Waals surface area contributed by atoms with Crippen LogP contribution in [0.15, 0.2) is 179 Å². The molecular formula is C48H28O2. The third-order valence-corrected chi connectivity index (χ3v) is 10.5. The van der Waals surface area contributed by atoms with Crippen LogP contribution in [-0.2, 0) is 0 Å². The Morgan fingerprint density at radius 2 is 0.940 bits per heavy atom. The zero-order valence-corrected chi connectivity index (χ0v) is 27.0. The summed E-state index contributed by atoms with van der Waals surface area (Å²) in [6.45, 7) is 0. The van der Waals surface area contributed by atoms with Crippen molar-refractivity contribution < 1.29 is 8.83 Å². The van der Waals surface area contributed by atoms with Crippen molar-refractivity contribution in [2.45, 2.75) is 0 Å². The number of fused-ring (bicyclic) bond motifs is 9. The largest absolute Gasteiger partial charge is 0.463 e. The Kier molecular flexibility index (Phi) is 5.70. The standard InChI is InChI=1S/C48H28O2/c1-2-14-31-26-32(25-24-29(31)12-1)44-35-17-5-7-19-37(35)45(38-20-8-6-18-36(38)44)40-27-43-46(39-21-9-10-23-42(39)50-43)47-41(28-49-48(40)47)34-22-11-15-30-13-3-4-16-33(30)34/h1-28H. The lowest BCUT2D eigenvalue weighted by Crippen LogP contribution is -1.91. The predicted octanol–water partition coefficient (Wildman–Crippen LogP) is 13.9. The molecule has 0 atom stereocenters. The Labute approximate surface area is 287 Å². The van der Waals surface area contributed by atoms with Crippen molar-refractivity contribution in [1.29, 1.82) is 0 Å². The van der Waals surface area contributed by atoms with Gasteiger partial charge in [0.25, 0.3) is 0 Å². The molecule has 0 N–H and O–H groups in total. The van der Waals surface area contributed by atoms with E-state index in [0.29, 0.717) is 0 Å². The molecule has 0 radical (unpaired) electrons. The highest BCUT2D eigenvalue weighted by molar-refractivity contribution is 6.29. The van der Waals surface area contributed by atoms with E-state index in [4.69, 9.17) is 8.83 Å². The number of furan rings is 2. The minimum atomic E-state index is 0.850. The maximum atomic E-state index is 6.78. The van der Waals surface area contributed by atoms with Crippen molar-refractivity contribution in [2.75, 3.05) is 0 Å². The van der Waals surface area contributed by atoms with E-state index in [-0.39, 0.29) is 0 Å². The van der Waals surface area contributed by atoms with Crippen LogP contribution in [0.5, 0.6) is 0 Å². The Balaban J connectivity index is 1.30. The minimum absolute atomic E-state index is 0.850. The van der Waals surface area contributed by atoms with Gasteiger partial charge >= 0.3 is 0 Å². The smallest absolute Gasteiger partial charge is 0.143 e. The summed E-state index contributed by atoms with van der Waals surface area (Å²) in [5.41, 5.74) is 9.40. The van der Waals surface area contributed by atoms with Gasteiger partial charge < -0.3 is 8.83 Å². The number of hydrogen-bond donors (Lipinski definition) is 0. The second-order valence-electron chi connectivity index (χ2n) is 13.2. The first-order valence-corrected chi connectivity index (χ1v) is 17.1. The first-order chi connectivity index (χ1) is 24.8. The van der Waals surface area contributed by atoms with Gasteiger partial charge in [0, 0.05) is 32.8 Å². The number of hydrogen-bond acceptors (Lipinski definition) is 2. The molecule has 2 nitrogen and oxygen atoms in total. The lowest BCUT2D eigenvalue weighted by molar-refractivity contribution is 0.617. The van der Waals surface area contributed by atoms with Crippen LogP contribution in [-0.4, -0.2) is 0 Å². The molecule has 0 unspecified atom stereocenters. The van der Waals surface area contributed by atoms with Crippen molar-refractivity contribution in [2.24, 2.45) is 0 Å². The summed E-state index contributed by atoms with van der Waals surface area (Å²) in [5.74, 6) is 0. The zero-order valence-electron chi connectivity index (χ0n) is 27.0. The SMILES string of the molecule is c1ccc2cc(-c3c4ccccc4c(-c4cc5oc6ccccc6c5c5c(-c6cccc7ccccc67)coc45)c4ccccc34)ccc2c1. The van der Waals surface area contributed by atoms with Crippen molar-refractivity contribution in [3.63, 3.8) is 0 Å². The average Bonchev–Trinajstić information content (AvgIpc) is 3.78. The molecule has 0 aliphatic rings. The molecule has 0 spiro atoms. The van der Waals surface area contributed by atoms with E-state index < -0.39 is 0 Å². The van der Waals surface area contributed by atoms with Crippen molar-refractivity contribution in [1.82, 2.24) is 0 Å². The third kappa shape index (κ3) is 3.85. The molecule has 0 aliphatic heterocycles. The number of para-hydroxylation sites is 1. The van der Waals surface area contributed by atoms with Gasteiger partial charge in [-0.25, -0.2) is 0 Å². The van der Waals surface area contributed by atoms with E-state index >= 15 is 0 Å². The highest BCUT2D eigenvalue weighted by Gasteiger charge is 2.25. The van der Waals surface area contributed by atoms with E-state index in [2.05, 4.69) is 158 Å². The van der Waals surface area contributed by atoms with Crippen molar-refractivity contribution >= 4 is 76.0 Å². The summed E-state index contributed by atoms with van der Waals surface area (Å²) in [6, 6.07) is 58.6. The van der Waals surface area contributed by atoms with Gasteiger partial charge in [0.05, 0.1) is 6.26 Å². The topological polar surface area (TPSA) is 26.3 Å². The second-order valence-corrected chi connectivity index (χ2v) is 13.2. The monoisotopic (exact) mass is 636 g/mol. The Bertz CT molecular complexity index is 3090. The average molecular weight is 637 g/mol.